The maximum atomic E-state index is 12.7. The van der Waals surface area contributed by atoms with Gasteiger partial charge < -0.3 is 20.0 Å². The summed E-state index contributed by atoms with van der Waals surface area (Å²) < 4.78 is 5.55. The molecule has 1 amide bonds. The summed E-state index contributed by atoms with van der Waals surface area (Å²) in [4.78, 5) is 19.8. The average Bonchev–Trinajstić information content (AvgIpc) is 3.23. The number of pyridine rings is 1. The SMILES string of the molecule is Cc1ccc(Nc2nc(C(=O)NCCCN3CCC[C@@H](C)C3)cc3occc23)cc1Cl. The van der Waals surface area contributed by atoms with E-state index < -0.39 is 0 Å². The lowest BCUT2D eigenvalue weighted by atomic mass is 10.0. The van der Waals surface area contributed by atoms with Crippen LogP contribution in [0.3, 0.4) is 0 Å². The van der Waals surface area contributed by atoms with Crippen LogP contribution in [0.15, 0.2) is 41.0 Å². The summed E-state index contributed by atoms with van der Waals surface area (Å²) in [5.74, 6) is 1.14. The van der Waals surface area contributed by atoms with Crippen LogP contribution in [0, 0.1) is 12.8 Å². The fourth-order valence-corrected chi connectivity index (χ4v) is 4.25. The molecule has 1 aliphatic heterocycles. The van der Waals surface area contributed by atoms with Crippen LogP contribution < -0.4 is 10.6 Å². The fourth-order valence-electron chi connectivity index (χ4n) is 4.07. The number of benzene rings is 1. The predicted molar refractivity (Wildman–Crippen MR) is 125 cm³/mol. The summed E-state index contributed by atoms with van der Waals surface area (Å²) in [6.45, 7) is 8.21. The molecule has 1 saturated heterocycles. The molecule has 164 valence electrons. The van der Waals surface area contributed by atoms with E-state index >= 15 is 0 Å². The lowest BCUT2D eigenvalue weighted by Crippen LogP contribution is -2.36. The largest absolute Gasteiger partial charge is 0.464 e. The summed E-state index contributed by atoms with van der Waals surface area (Å²) in [6, 6.07) is 9.24. The Hall–Kier alpha value is -2.57. The number of fused-ring (bicyclic) bond motifs is 1. The maximum absolute atomic E-state index is 12.7. The highest BCUT2D eigenvalue weighted by atomic mass is 35.5. The standard InChI is InChI=1S/C24H29ClN4O2/c1-16-5-3-10-29(15-16)11-4-9-26-24(30)21-14-22-19(8-12-31-22)23(28-21)27-18-7-6-17(2)20(25)13-18/h6-8,12-14,16H,3-5,9-11,15H2,1-2H3,(H,26,30)(H,27,28)/t16-/m1/s1. The van der Waals surface area contributed by atoms with E-state index in [1.165, 1.54) is 12.8 Å². The highest BCUT2D eigenvalue weighted by Gasteiger charge is 2.17. The zero-order chi connectivity index (χ0) is 21.8. The van der Waals surface area contributed by atoms with Gasteiger partial charge in [-0.1, -0.05) is 24.6 Å². The number of rotatable bonds is 7. The average molecular weight is 441 g/mol. The number of hydrogen-bond donors (Lipinski definition) is 2. The van der Waals surface area contributed by atoms with Gasteiger partial charge in [0.1, 0.15) is 17.1 Å². The second kappa shape index (κ2) is 9.71. The van der Waals surface area contributed by atoms with Gasteiger partial charge in [0.05, 0.1) is 11.6 Å². The lowest BCUT2D eigenvalue weighted by Gasteiger charge is -2.30. The van der Waals surface area contributed by atoms with E-state index in [-0.39, 0.29) is 5.91 Å². The predicted octanol–water partition coefficient (Wildman–Crippen LogP) is 5.39. The Morgan fingerprint density at radius 3 is 3.00 bits per heavy atom. The van der Waals surface area contributed by atoms with Gasteiger partial charge in [0.2, 0.25) is 0 Å². The number of aromatic nitrogens is 1. The fraction of sp³-hybridized carbons (Fsp3) is 0.417. The van der Waals surface area contributed by atoms with Crippen molar-refractivity contribution in [3.05, 3.63) is 52.9 Å². The molecule has 3 aromatic rings. The summed E-state index contributed by atoms with van der Waals surface area (Å²) in [7, 11) is 0. The van der Waals surface area contributed by atoms with Gasteiger partial charge in [0.15, 0.2) is 0 Å². The maximum Gasteiger partial charge on any atom is 0.270 e. The molecule has 3 heterocycles. The number of furan rings is 1. The Kier molecular flexibility index (Phi) is 6.78. The molecule has 31 heavy (non-hydrogen) atoms. The number of piperidine rings is 1. The van der Waals surface area contributed by atoms with E-state index in [1.54, 1.807) is 12.3 Å². The van der Waals surface area contributed by atoms with Crippen LogP contribution in [0.4, 0.5) is 11.5 Å². The van der Waals surface area contributed by atoms with Crippen molar-refractivity contribution in [2.75, 3.05) is 31.5 Å². The molecule has 7 heteroatoms. The second-order valence-corrected chi connectivity index (χ2v) is 8.84. The highest BCUT2D eigenvalue weighted by molar-refractivity contribution is 6.31. The normalized spacial score (nSPS) is 17.1. The Morgan fingerprint density at radius 2 is 2.19 bits per heavy atom. The first kappa shape index (κ1) is 21.7. The minimum absolute atomic E-state index is 0.199. The van der Waals surface area contributed by atoms with Crippen molar-refractivity contribution in [2.45, 2.75) is 33.1 Å². The summed E-state index contributed by atoms with van der Waals surface area (Å²) in [6.07, 6.45) is 5.11. The third-order valence-corrected chi connectivity index (χ3v) is 6.20. The van der Waals surface area contributed by atoms with Crippen LogP contribution in [-0.4, -0.2) is 42.0 Å². The number of halogens is 1. The quantitative estimate of drug-likeness (QED) is 0.482. The number of likely N-dealkylation sites (tertiary alicyclic amines) is 1. The third kappa shape index (κ3) is 5.38. The molecule has 0 unspecified atom stereocenters. The van der Waals surface area contributed by atoms with Crippen molar-refractivity contribution in [2.24, 2.45) is 5.92 Å². The van der Waals surface area contributed by atoms with Gasteiger partial charge in [-0.25, -0.2) is 4.98 Å². The molecule has 6 nitrogen and oxygen atoms in total. The molecule has 0 bridgehead atoms. The van der Waals surface area contributed by atoms with Crippen LogP contribution in [0.1, 0.15) is 42.2 Å². The zero-order valence-corrected chi connectivity index (χ0v) is 18.8. The first-order valence-electron chi connectivity index (χ1n) is 10.9. The van der Waals surface area contributed by atoms with E-state index in [1.807, 2.05) is 31.2 Å². The smallest absolute Gasteiger partial charge is 0.270 e. The first-order chi connectivity index (χ1) is 15.0. The Labute approximate surface area is 188 Å². The molecule has 0 radical (unpaired) electrons. The van der Waals surface area contributed by atoms with Gasteiger partial charge in [0.25, 0.3) is 5.91 Å². The van der Waals surface area contributed by atoms with Crippen molar-refractivity contribution in [1.82, 2.24) is 15.2 Å². The number of carbonyl (C=O) groups excluding carboxylic acids is 1. The van der Waals surface area contributed by atoms with E-state index in [2.05, 4.69) is 27.4 Å². The molecule has 1 aromatic carbocycles. The lowest BCUT2D eigenvalue weighted by molar-refractivity contribution is 0.0945. The molecular formula is C24H29ClN4O2. The first-order valence-corrected chi connectivity index (χ1v) is 11.3. The van der Waals surface area contributed by atoms with Gasteiger partial charge >= 0.3 is 0 Å². The Morgan fingerprint density at radius 1 is 1.32 bits per heavy atom. The minimum Gasteiger partial charge on any atom is -0.464 e. The van der Waals surface area contributed by atoms with Crippen molar-refractivity contribution in [3.63, 3.8) is 0 Å². The Balaban J connectivity index is 1.41. The number of anilines is 2. The van der Waals surface area contributed by atoms with Crippen molar-refractivity contribution < 1.29 is 9.21 Å². The molecule has 0 spiro atoms. The van der Waals surface area contributed by atoms with Gasteiger partial charge in [-0.05, 0) is 69.0 Å². The third-order valence-electron chi connectivity index (χ3n) is 5.80. The van der Waals surface area contributed by atoms with Crippen LogP contribution in [0.5, 0.6) is 0 Å². The second-order valence-electron chi connectivity index (χ2n) is 8.43. The van der Waals surface area contributed by atoms with Crippen LogP contribution in [0.25, 0.3) is 11.0 Å². The molecule has 1 aliphatic rings. The van der Waals surface area contributed by atoms with Crippen molar-refractivity contribution in [3.8, 4) is 0 Å². The topological polar surface area (TPSA) is 70.4 Å². The summed E-state index contributed by atoms with van der Waals surface area (Å²) in [5.41, 5.74) is 2.75. The van der Waals surface area contributed by atoms with Crippen molar-refractivity contribution >= 4 is 40.0 Å². The zero-order valence-electron chi connectivity index (χ0n) is 18.1. The summed E-state index contributed by atoms with van der Waals surface area (Å²) in [5, 5.41) is 7.75. The number of nitrogens with zero attached hydrogens (tertiary/aromatic N) is 2. The molecule has 4 rings (SSSR count). The number of amides is 1. The summed E-state index contributed by atoms with van der Waals surface area (Å²) >= 11 is 6.25. The van der Waals surface area contributed by atoms with E-state index in [9.17, 15) is 4.79 Å². The highest BCUT2D eigenvalue weighted by Crippen LogP contribution is 2.28. The molecule has 0 aliphatic carbocycles. The van der Waals surface area contributed by atoms with Crippen LogP contribution in [0.2, 0.25) is 5.02 Å². The van der Waals surface area contributed by atoms with E-state index in [0.717, 1.165) is 48.6 Å². The van der Waals surface area contributed by atoms with Crippen LogP contribution in [-0.2, 0) is 0 Å². The minimum atomic E-state index is -0.199. The van der Waals surface area contributed by atoms with Gasteiger partial charge in [-0.3, -0.25) is 4.79 Å². The van der Waals surface area contributed by atoms with Gasteiger partial charge in [-0.15, -0.1) is 0 Å². The number of hydrogen-bond acceptors (Lipinski definition) is 5. The molecule has 2 aromatic heterocycles. The molecular weight excluding hydrogens is 412 g/mol. The molecule has 1 atom stereocenters. The van der Waals surface area contributed by atoms with Gasteiger partial charge in [-0.2, -0.15) is 0 Å². The van der Waals surface area contributed by atoms with E-state index in [4.69, 9.17) is 16.0 Å². The molecule has 0 saturated carbocycles. The molecule has 2 N–H and O–H groups in total. The Bertz CT molecular complexity index is 1060. The number of aryl methyl sites for hydroxylation is 1. The number of nitrogens with one attached hydrogen (secondary N) is 2. The van der Waals surface area contributed by atoms with E-state index in [0.29, 0.717) is 28.7 Å². The molecule has 1 fully saturated rings. The van der Waals surface area contributed by atoms with Gasteiger partial charge in [0, 0.05) is 29.9 Å². The monoisotopic (exact) mass is 440 g/mol. The van der Waals surface area contributed by atoms with Crippen LogP contribution >= 0.6 is 11.6 Å². The van der Waals surface area contributed by atoms with Crippen molar-refractivity contribution in [1.29, 1.82) is 0 Å². The number of carbonyl (C=O) groups is 1.